The van der Waals surface area contributed by atoms with Gasteiger partial charge in [0.05, 0.1) is 17.1 Å². The number of H-pyrrole nitrogens is 2. The SMILES string of the molecule is N[C@H](COc1ccc2[nH]c(=O)[nH]c2c1)c1ccccc1. The summed E-state index contributed by atoms with van der Waals surface area (Å²) in [5.74, 6) is 0.680. The van der Waals surface area contributed by atoms with Gasteiger partial charge in [0, 0.05) is 6.07 Å². The molecule has 0 spiro atoms. The number of aromatic nitrogens is 2. The van der Waals surface area contributed by atoms with E-state index in [1.54, 1.807) is 12.1 Å². The summed E-state index contributed by atoms with van der Waals surface area (Å²) < 4.78 is 5.68. The molecule has 20 heavy (non-hydrogen) atoms. The normalized spacial score (nSPS) is 12.4. The van der Waals surface area contributed by atoms with Crippen LogP contribution in [0.1, 0.15) is 11.6 Å². The van der Waals surface area contributed by atoms with E-state index in [9.17, 15) is 4.79 Å². The van der Waals surface area contributed by atoms with Gasteiger partial charge < -0.3 is 20.4 Å². The lowest BCUT2D eigenvalue weighted by Gasteiger charge is -2.13. The maximum absolute atomic E-state index is 11.2. The van der Waals surface area contributed by atoms with Crippen molar-refractivity contribution in [2.45, 2.75) is 6.04 Å². The smallest absolute Gasteiger partial charge is 0.323 e. The van der Waals surface area contributed by atoms with Crippen molar-refractivity contribution in [3.63, 3.8) is 0 Å². The predicted octanol–water partition coefficient (Wildman–Crippen LogP) is 1.93. The van der Waals surface area contributed by atoms with E-state index in [4.69, 9.17) is 10.5 Å². The first-order valence-electron chi connectivity index (χ1n) is 6.38. The minimum atomic E-state index is -0.224. The molecule has 0 saturated heterocycles. The molecule has 0 aliphatic rings. The van der Waals surface area contributed by atoms with Crippen molar-refractivity contribution in [3.05, 3.63) is 64.6 Å². The number of aromatic amines is 2. The van der Waals surface area contributed by atoms with Crippen molar-refractivity contribution in [1.82, 2.24) is 9.97 Å². The molecule has 4 N–H and O–H groups in total. The number of hydrogen-bond donors (Lipinski definition) is 3. The van der Waals surface area contributed by atoms with Crippen molar-refractivity contribution < 1.29 is 4.74 Å². The van der Waals surface area contributed by atoms with Crippen LogP contribution in [0.15, 0.2) is 53.3 Å². The first-order chi connectivity index (χ1) is 9.72. The third kappa shape index (κ3) is 2.57. The maximum Gasteiger partial charge on any atom is 0.323 e. The highest BCUT2D eigenvalue weighted by Gasteiger charge is 2.07. The number of nitrogens with one attached hydrogen (secondary N) is 2. The predicted molar refractivity (Wildman–Crippen MR) is 77.8 cm³/mol. The molecule has 0 fully saturated rings. The van der Waals surface area contributed by atoms with Crippen molar-refractivity contribution in [1.29, 1.82) is 0 Å². The highest BCUT2D eigenvalue weighted by atomic mass is 16.5. The Morgan fingerprint density at radius 2 is 1.80 bits per heavy atom. The zero-order chi connectivity index (χ0) is 13.9. The van der Waals surface area contributed by atoms with E-state index in [0.29, 0.717) is 12.4 Å². The molecule has 3 aromatic rings. The number of nitrogens with two attached hydrogens (primary N) is 1. The molecule has 0 bridgehead atoms. The molecule has 1 aromatic heterocycles. The second kappa shape index (κ2) is 5.22. The van der Waals surface area contributed by atoms with Crippen LogP contribution in [-0.4, -0.2) is 16.6 Å². The Kier molecular flexibility index (Phi) is 3.26. The van der Waals surface area contributed by atoms with Gasteiger partial charge >= 0.3 is 5.69 Å². The van der Waals surface area contributed by atoms with Crippen molar-refractivity contribution in [3.8, 4) is 5.75 Å². The third-order valence-electron chi connectivity index (χ3n) is 3.14. The van der Waals surface area contributed by atoms with Gasteiger partial charge in [0.25, 0.3) is 0 Å². The average molecular weight is 269 g/mol. The van der Waals surface area contributed by atoms with Crippen LogP contribution in [0.5, 0.6) is 5.75 Å². The Balaban J connectivity index is 1.72. The lowest BCUT2D eigenvalue weighted by atomic mass is 10.1. The van der Waals surface area contributed by atoms with Crippen LogP contribution < -0.4 is 16.2 Å². The quantitative estimate of drug-likeness (QED) is 0.676. The summed E-state index contributed by atoms with van der Waals surface area (Å²) in [5, 5.41) is 0. The fourth-order valence-corrected chi connectivity index (χ4v) is 2.08. The van der Waals surface area contributed by atoms with Gasteiger partial charge in [0.1, 0.15) is 12.4 Å². The molecule has 0 saturated carbocycles. The van der Waals surface area contributed by atoms with E-state index in [0.717, 1.165) is 16.6 Å². The minimum Gasteiger partial charge on any atom is -0.492 e. The third-order valence-corrected chi connectivity index (χ3v) is 3.14. The zero-order valence-electron chi connectivity index (χ0n) is 10.8. The van der Waals surface area contributed by atoms with E-state index < -0.39 is 0 Å². The Hall–Kier alpha value is -2.53. The molecule has 102 valence electrons. The Labute approximate surface area is 115 Å². The molecule has 1 atom stereocenters. The Morgan fingerprint density at radius 1 is 1.05 bits per heavy atom. The summed E-state index contributed by atoms with van der Waals surface area (Å²) in [6, 6.07) is 15.0. The van der Waals surface area contributed by atoms with E-state index >= 15 is 0 Å². The number of hydrogen-bond acceptors (Lipinski definition) is 3. The average Bonchev–Trinajstić information content (AvgIpc) is 2.85. The molecule has 0 radical (unpaired) electrons. The van der Waals surface area contributed by atoms with Crippen LogP contribution in [0.25, 0.3) is 11.0 Å². The second-order valence-electron chi connectivity index (χ2n) is 4.61. The lowest BCUT2D eigenvalue weighted by Crippen LogP contribution is -2.18. The summed E-state index contributed by atoms with van der Waals surface area (Å²) in [5.41, 5.74) is 8.36. The van der Waals surface area contributed by atoms with Crippen LogP contribution in [0.4, 0.5) is 0 Å². The monoisotopic (exact) mass is 269 g/mol. The maximum atomic E-state index is 11.2. The number of benzene rings is 2. The number of imidazole rings is 1. The molecule has 0 aliphatic heterocycles. The molecule has 0 amide bonds. The van der Waals surface area contributed by atoms with E-state index in [-0.39, 0.29) is 11.7 Å². The zero-order valence-corrected chi connectivity index (χ0v) is 10.8. The van der Waals surface area contributed by atoms with E-state index in [1.165, 1.54) is 0 Å². The standard InChI is InChI=1S/C15H15N3O2/c16-12(10-4-2-1-3-5-10)9-20-11-6-7-13-14(8-11)18-15(19)17-13/h1-8,12H,9,16H2,(H2,17,18,19)/t12-/m1/s1. The summed E-state index contributed by atoms with van der Waals surface area (Å²) in [4.78, 5) is 16.6. The van der Waals surface area contributed by atoms with Gasteiger partial charge in [0.2, 0.25) is 0 Å². The van der Waals surface area contributed by atoms with Crippen LogP contribution >= 0.6 is 0 Å². The molecule has 2 aromatic carbocycles. The van der Waals surface area contributed by atoms with Crippen LogP contribution in [0.2, 0.25) is 0 Å². The van der Waals surface area contributed by atoms with Gasteiger partial charge in [0.15, 0.2) is 0 Å². The largest absolute Gasteiger partial charge is 0.492 e. The summed E-state index contributed by atoms with van der Waals surface area (Å²) in [6.45, 7) is 0.379. The number of fused-ring (bicyclic) bond motifs is 1. The molecule has 0 aliphatic carbocycles. The molecule has 3 rings (SSSR count). The summed E-state index contributed by atoms with van der Waals surface area (Å²) >= 11 is 0. The van der Waals surface area contributed by atoms with Crippen LogP contribution in [0.3, 0.4) is 0 Å². The number of ether oxygens (including phenoxy) is 1. The molecule has 1 heterocycles. The van der Waals surface area contributed by atoms with Gasteiger partial charge in [-0.1, -0.05) is 30.3 Å². The van der Waals surface area contributed by atoms with Crippen LogP contribution in [-0.2, 0) is 0 Å². The summed E-state index contributed by atoms with van der Waals surface area (Å²) in [7, 11) is 0. The number of rotatable bonds is 4. The van der Waals surface area contributed by atoms with E-state index in [1.807, 2.05) is 36.4 Å². The topological polar surface area (TPSA) is 83.9 Å². The van der Waals surface area contributed by atoms with Crippen LogP contribution in [0, 0.1) is 0 Å². The van der Waals surface area contributed by atoms with Gasteiger partial charge in [-0.25, -0.2) is 4.79 Å². The van der Waals surface area contributed by atoms with Crippen molar-refractivity contribution >= 4 is 11.0 Å². The molecular formula is C15H15N3O2. The summed E-state index contributed by atoms with van der Waals surface area (Å²) in [6.07, 6.45) is 0. The minimum absolute atomic E-state index is 0.183. The van der Waals surface area contributed by atoms with Gasteiger partial charge in [-0.15, -0.1) is 0 Å². The fraction of sp³-hybridized carbons (Fsp3) is 0.133. The first-order valence-corrected chi connectivity index (χ1v) is 6.38. The highest BCUT2D eigenvalue weighted by Crippen LogP contribution is 2.18. The highest BCUT2D eigenvalue weighted by molar-refractivity contribution is 5.75. The molecule has 0 unspecified atom stereocenters. The van der Waals surface area contributed by atoms with Gasteiger partial charge in [-0.05, 0) is 17.7 Å². The molecule has 5 nitrogen and oxygen atoms in total. The lowest BCUT2D eigenvalue weighted by molar-refractivity contribution is 0.291. The molecular weight excluding hydrogens is 254 g/mol. The fourth-order valence-electron chi connectivity index (χ4n) is 2.08. The Bertz CT molecular complexity index is 761. The van der Waals surface area contributed by atoms with Crippen molar-refractivity contribution in [2.75, 3.05) is 6.61 Å². The second-order valence-corrected chi connectivity index (χ2v) is 4.61. The Morgan fingerprint density at radius 3 is 2.60 bits per heavy atom. The van der Waals surface area contributed by atoms with Gasteiger partial charge in [-0.2, -0.15) is 0 Å². The van der Waals surface area contributed by atoms with Gasteiger partial charge in [-0.3, -0.25) is 0 Å². The van der Waals surface area contributed by atoms with E-state index in [2.05, 4.69) is 9.97 Å². The first kappa shape index (κ1) is 12.5. The van der Waals surface area contributed by atoms with Crippen molar-refractivity contribution in [2.24, 2.45) is 5.73 Å². The molecule has 5 heteroatoms.